The normalized spacial score (nSPS) is 28.0. The lowest BCUT2D eigenvalue weighted by Gasteiger charge is -2.23. The summed E-state index contributed by atoms with van der Waals surface area (Å²) in [4.78, 5) is 14.5. The topological polar surface area (TPSA) is 55.6 Å². The molecule has 0 spiro atoms. The Morgan fingerprint density at radius 1 is 1.27 bits per heavy atom. The average Bonchev–Trinajstić information content (AvgIpc) is 3.03. The summed E-state index contributed by atoms with van der Waals surface area (Å²) < 4.78 is 5.77. The molecular weight excluding hydrogens is 300 g/mol. The van der Waals surface area contributed by atoms with Crippen molar-refractivity contribution in [3.63, 3.8) is 0 Å². The Morgan fingerprint density at radius 2 is 1.95 bits per heavy atom. The number of nitrogens with zero attached hydrogens (tertiary/aromatic N) is 1. The van der Waals surface area contributed by atoms with Crippen molar-refractivity contribution >= 4 is 18.3 Å². The second kappa shape index (κ2) is 6.88. The minimum atomic E-state index is -0.442. The van der Waals surface area contributed by atoms with E-state index in [-0.39, 0.29) is 24.4 Å². The molecule has 2 aliphatic rings. The van der Waals surface area contributed by atoms with Gasteiger partial charge in [0.2, 0.25) is 0 Å². The molecular formula is C17H25ClN2O2. The quantitative estimate of drug-likeness (QED) is 0.928. The lowest BCUT2D eigenvalue weighted by atomic mass is 9.98. The Hall–Kier alpha value is -1.26. The summed E-state index contributed by atoms with van der Waals surface area (Å²) in [5.41, 5.74) is 7.31. The van der Waals surface area contributed by atoms with E-state index >= 15 is 0 Å². The number of carbonyl (C=O) groups is 1. The smallest absolute Gasteiger partial charge is 0.263 e. The monoisotopic (exact) mass is 324 g/mol. The van der Waals surface area contributed by atoms with Crippen molar-refractivity contribution in [2.75, 3.05) is 13.1 Å². The molecule has 3 rings (SSSR count). The van der Waals surface area contributed by atoms with Gasteiger partial charge in [-0.2, -0.15) is 0 Å². The molecule has 2 fully saturated rings. The Balaban J connectivity index is 0.00000176. The molecule has 0 aromatic heterocycles. The zero-order chi connectivity index (χ0) is 15.0. The van der Waals surface area contributed by atoms with E-state index in [0.29, 0.717) is 11.8 Å². The Kier molecular flexibility index (Phi) is 5.35. The van der Waals surface area contributed by atoms with Crippen LogP contribution in [0.4, 0.5) is 0 Å². The number of likely N-dealkylation sites (tertiary alicyclic amines) is 1. The number of benzene rings is 1. The SMILES string of the molecule is Cc1ccc(OC(C)C(=O)N2CC3CCC(N)C3C2)cc1.Cl. The lowest BCUT2D eigenvalue weighted by molar-refractivity contribution is -0.137. The lowest BCUT2D eigenvalue weighted by Crippen LogP contribution is -2.40. The Morgan fingerprint density at radius 3 is 2.59 bits per heavy atom. The molecule has 4 atom stereocenters. The fourth-order valence-corrected chi connectivity index (χ4v) is 3.62. The van der Waals surface area contributed by atoms with E-state index in [4.69, 9.17) is 10.5 Å². The standard InChI is InChI=1S/C17H24N2O2.ClH/c1-11-3-6-14(7-4-11)21-12(2)17(20)19-9-13-5-8-16(18)15(13)10-19;/h3-4,6-7,12-13,15-16H,5,8-10,18H2,1-2H3;1H. The largest absolute Gasteiger partial charge is 0.481 e. The number of carbonyl (C=O) groups excluding carboxylic acids is 1. The summed E-state index contributed by atoms with van der Waals surface area (Å²) in [6.07, 6.45) is 1.82. The number of hydrogen-bond donors (Lipinski definition) is 1. The summed E-state index contributed by atoms with van der Waals surface area (Å²) in [6.45, 7) is 5.51. The van der Waals surface area contributed by atoms with Crippen molar-refractivity contribution in [3.8, 4) is 5.75 Å². The highest BCUT2D eigenvalue weighted by Crippen LogP contribution is 2.37. The van der Waals surface area contributed by atoms with E-state index in [1.165, 1.54) is 5.56 Å². The molecule has 5 heteroatoms. The van der Waals surface area contributed by atoms with Crippen LogP contribution >= 0.6 is 12.4 Å². The second-order valence-corrected chi connectivity index (χ2v) is 6.48. The average molecular weight is 325 g/mol. The molecule has 1 aliphatic heterocycles. The van der Waals surface area contributed by atoms with Gasteiger partial charge in [-0.05, 0) is 50.7 Å². The van der Waals surface area contributed by atoms with E-state index < -0.39 is 6.10 Å². The number of rotatable bonds is 3. The van der Waals surface area contributed by atoms with Gasteiger partial charge in [0.25, 0.3) is 5.91 Å². The van der Waals surface area contributed by atoms with Crippen molar-refractivity contribution in [3.05, 3.63) is 29.8 Å². The third kappa shape index (κ3) is 3.39. The highest BCUT2D eigenvalue weighted by atomic mass is 35.5. The fourth-order valence-electron chi connectivity index (χ4n) is 3.62. The molecule has 4 unspecified atom stereocenters. The van der Waals surface area contributed by atoms with Gasteiger partial charge in [0.05, 0.1) is 0 Å². The first-order valence-electron chi connectivity index (χ1n) is 7.82. The van der Waals surface area contributed by atoms with E-state index in [2.05, 4.69) is 0 Å². The molecule has 2 N–H and O–H groups in total. The Bertz CT molecular complexity index is 520. The van der Waals surface area contributed by atoms with Gasteiger partial charge in [0.15, 0.2) is 6.10 Å². The first-order valence-corrected chi connectivity index (χ1v) is 7.82. The van der Waals surface area contributed by atoms with Gasteiger partial charge in [-0.25, -0.2) is 0 Å². The van der Waals surface area contributed by atoms with Gasteiger partial charge in [0, 0.05) is 19.1 Å². The predicted molar refractivity (Wildman–Crippen MR) is 89.3 cm³/mol. The highest BCUT2D eigenvalue weighted by molar-refractivity contribution is 5.85. The van der Waals surface area contributed by atoms with Gasteiger partial charge in [-0.3, -0.25) is 4.79 Å². The zero-order valence-electron chi connectivity index (χ0n) is 13.2. The third-order valence-electron chi connectivity index (χ3n) is 4.91. The molecule has 1 aromatic carbocycles. The number of fused-ring (bicyclic) bond motifs is 1. The third-order valence-corrected chi connectivity index (χ3v) is 4.91. The van der Waals surface area contributed by atoms with Crippen LogP contribution in [0.25, 0.3) is 0 Å². The van der Waals surface area contributed by atoms with E-state index in [0.717, 1.165) is 31.7 Å². The van der Waals surface area contributed by atoms with Crippen LogP contribution in [0.3, 0.4) is 0 Å². The molecule has 1 saturated heterocycles. The second-order valence-electron chi connectivity index (χ2n) is 6.48. The van der Waals surface area contributed by atoms with Crippen molar-refractivity contribution in [1.82, 2.24) is 4.90 Å². The van der Waals surface area contributed by atoms with Gasteiger partial charge < -0.3 is 15.4 Å². The van der Waals surface area contributed by atoms with Crippen LogP contribution in [0, 0.1) is 18.8 Å². The van der Waals surface area contributed by atoms with E-state index in [1.54, 1.807) is 0 Å². The van der Waals surface area contributed by atoms with Gasteiger partial charge in [-0.1, -0.05) is 17.7 Å². The molecule has 0 bridgehead atoms. The maximum absolute atomic E-state index is 12.5. The maximum atomic E-state index is 12.5. The molecule has 1 amide bonds. The molecule has 1 saturated carbocycles. The van der Waals surface area contributed by atoms with Crippen LogP contribution in [0.15, 0.2) is 24.3 Å². The number of aryl methyl sites for hydroxylation is 1. The van der Waals surface area contributed by atoms with Gasteiger partial charge in [0.1, 0.15) is 5.75 Å². The predicted octanol–water partition coefficient (Wildman–Crippen LogP) is 2.38. The summed E-state index contributed by atoms with van der Waals surface area (Å²) in [6, 6.07) is 8.07. The van der Waals surface area contributed by atoms with Crippen LogP contribution in [0.2, 0.25) is 0 Å². The number of amides is 1. The first-order chi connectivity index (χ1) is 10.0. The van der Waals surface area contributed by atoms with E-state index in [1.807, 2.05) is 43.0 Å². The van der Waals surface area contributed by atoms with Gasteiger partial charge in [-0.15, -0.1) is 12.4 Å². The van der Waals surface area contributed by atoms with Crippen molar-refractivity contribution in [2.24, 2.45) is 17.6 Å². The van der Waals surface area contributed by atoms with E-state index in [9.17, 15) is 4.79 Å². The van der Waals surface area contributed by atoms with Crippen molar-refractivity contribution < 1.29 is 9.53 Å². The first kappa shape index (κ1) is 17.1. The molecule has 1 aliphatic carbocycles. The molecule has 22 heavy (non-hydrogen) atoms. The Labute approximate surface area is 138 Å². The van der Waals surface area contributed by atoms with Crippen LogP contribution in [0.1, 0.15) is 25.3 Å². The summed E-state index contributed by atoms with van der Waals surface area (Å²) in [5, 5.41) is 0. The van der Waals surface area contributed by atoms with Gasteiger partial charge >= 0.3 is 0 Å². The van der Waals surface area contributed by atoms with Crippen molar-refractivity contribution in [1.29, 1.82) is 0 Å². The summed E-state index contributed by atoms with van der Waals surface area (Å²) in [5.74, 6) is 1.91. The van der Waals surface area contributed by atoms with Crippen LogP contribution < -0.4 is 10.5 Å². The number of halogens is 1. The number of nitrogens with two attached hydrogens (primary N) is 1. The van der Waals surface area contributed by atoms with Crippen LogP contribution in [-0.4, -0.2) is 36.0 Å². The molecule has 0 radical (unpaired) electrons. The number of ether oxygens (including phenoxy) is 1. The maximum Gasteiger partial charge on any atom is 0.263 e. The minimum absolute atomic E-state index is 0. The van der Waals surface area contributed by atoms with Crippen molar-refractivity contribution in [2.45, 2.75) is 38.8 Å². The fraction of sp³-hybridized carbons (Fsp3) is 0.588. The molecule has 122 valence electrons. The minimum Gasteiger partial charge on any atom is -0.481 e. The number of hydrogen-bond acceptors (Lipinski definition) is 3. The molecule has 1 aromatic rings. The molecule has 4 nitrogen and oxygen atoms in total. The highest BCUT2D eigenvalue weighted by Gasteiger charge is 2.43. The summed E-state index contributed by atoms with van der Waals surface area (Å²) >= 11 is 0. The molecule has 1 heterocycles. The van der Waals surface area contributed by atoms with Crippen LogP contribution in [-0.2, 0) is 4.79 Å². The summed E-state index contributed by atoms with van der Waals surface area (Å²) in [7, 11) is 0. The van der Waals surface area contributed by atoms with Crippen LogP contribution in [0.5, 0.6) is 5.75 Å². The zero-order valence-corrected chi connectivity index (χ0v) is 14.0.